The number of carboxylic acid groups (broad SMARTS) is 1. The molecule has 0 spiro atoms. The van der Waals surface area contributed by atoms with E-state index in [1.165, 1.54) is 0 Å². The summed E-state index contributed by atoms with van der Waals surface area (Å²) in [5.74, 6) is -1.48. The summed E-state index contributed by atoms with van der Waals surface area (Å²) in [5, 5.41) is 15.2. The van der Waals surface area contributed by atoms with E-state index < -0.39 is 17.9 Å². The number of carbonyl (C=O) groups excluding carboxylic acids is 2. The van der Waals surface area contributed by atoms with E-state index in [4.69, 9.17) is 0 Å². The number of aryl methyl sites for hydroxylation is 1. The number of amides is 3. The van der Waals surface area contributed by atoms with Gasteiger partial charge in [0.1, 0.15) is 0 Å². The molecular formula is C21H31N3O4. The van der Waals surface area contributed by atoms with Crippen molar-refractivity contribution >= 4 is 17.9 Å². The first-order valence-electron chi connectivity index (χ1n) is 9.82. The highest BCUT2D eigenvalue weighted by molar-refractivity contribution is 5.87. The number of carbonyl (C=O) groups is 3. The molecule has 1 aliphatic heterocycles. The number of piperidine rings is 1. The highest BCUT2D eigenvalue weighted by Gasteiger charge is 2.32. The number of aliphatic carboxylic acids is 1. The van der Waals surface area contributed by atoms with Crippen LogP contribution in [-0.4, -0.2) is 47.5 Å². The topological polar surface area (TPSA) is 98.7 Å². The number of carboxylic acids is 1. The van der Waals surface area contributed by atoms with E-state index in [2.05, 4.69) is 10.6 Å². The average molecular weight is 389 g/mol. The van der Waals surface area contributed by atoms with Gasteiger partial charge in [-0.2, -0.15) is 0 Å². The zero-order valence-electron chi connectivity index (χ0n) is 17.1. The summed E-state index contributed by atoms with van der Waals surface area (Å²) >= 11 is 0. The molecule has 1 heterocycles. The highest BCUT2D eigenvalue weighted by atomic mass is 16.4. The number of nitrogens with zero attached hydrogens (tertiary/aromatic N) is 1. The van der Waals surface area contributed by atoms with Gasteiger partial charge in [0, 0.05) is 19.6 Å². The lowest BCUT2D eigenvalue weighted by atomic mass is 9.94. The summed E-state index contributed by atoms with van der Waals surface area (Å²) in [7, 11) is 0. The molecule has 0 bridgehead atoms. The van der Waals surface area contributed by atoms with Crippen molar-refractivity contribution < 1.29 is 19.5 Å². The van der Waals surface area contributed by atoms with Gasteiger partial charge in [-0.3, -0.25) is 4.79 Å². The van der Waals surface area contributed by atoms with Crippen molar-refractivity contribution in [2.24, 2.45) is 11.8 Å². The second-order valence-corrected chi connectivity index (χ2v) is 7.93. The molecule has 0 aromatic heterocycles. The normalized spacial score (nSPS) is 17.9. The largest absolute Gasteiger partial charge is 0.479 e. The minimum atomic E-state index is -1.10. The number of urea groups is 1. The van der Waals surface area contributed by atoms with Crippen molar-refractivity contribution in [1.82, 2.24) is 15.5 Å². The van der Waals surface area contributed by atoms with E-state index in [1.54, 1.807) is 17.0 Å². The lowest BCUT2D eigenvalue weighted by Gasteiger charge is -2.33. The number of nitrogens with one attached hydrogen (secondary N) is 2. The second-order valence-electron chi connectivity index (χ2n) is 7.93. The first-order valence-corrected chi connectivity index (χ1v) is 9.82. The minimum absolute atomic E-state index is 0.171. The molecule has 1 aromatic carbocycles. The first-order chi connectivity index (χ1) is 13.2. The summed E-state index contributed by atoms with van der Waals surface area (Å²) < 4.78 is 0. The fourth-order valence-corrected chi connectivity index (χ4v) is 3.40. The Morgan fingerprint density at radius 3 is 2.61 bits per heavy atom. The summed E-state index contributed by atoms with van der Waals surface area (Å²) in [6.45, 7) is 9.29. The predicted octanol–water partition coefficient (Wildman–Crippen LogP) is 2.62. The van der Waals surface area contributed by atoms with Crippen molar-refractivity contribution in [3.8, 4) is 0 Å². The molecule has 2 rings (SSSR count). The van der Waals surface area contributed by atoms with Crippen LogP contribution in [0.1, 0.15) is 49.4 Å². The maximum absolute atomic E-state index is 12.8. The van der Waals surface area contributed by atoms with Gasteiger partial charge in [0.2, 0.25) is 5.91 Å². The maximum atomic E-state index is 12.8. The third-order valence-corrected chi connectivity index (χ3v) is 5.23. The number of hydrogen-bond acceptors (Lipinski definition) is 3. The van der Waals surface area contributed by atoms with Crippen molar-refractivity contribution in [2.45, 2.75) is 46.6 Å². The summed E-state index contributed by atoms with van der Waals surface area (Å²) in [4.78, 5) is 38.5. The second kappa shape index (κ2) is 9.57. The lowest BCUT2D eigenvalue weighted by molar-refractivity contribution is -0.143. The molecule has 3 N–H and O–H groups in total. The van der Waals surface area contributed by atoms with Crippen molar-refractivity contribution in [1.29, 1.82) is 0 Å². The van der Waals surface area contributed by atoms with Gasteiger partial charge < -0.3 is 20.6 Å². The number of benzene rings is 1. The Bertz CT molecular complexity index is 732. The summed E-state index contributed by atoms with van der Waals surface area (Å²) in [6.07, 6.45) is 1.35. The van der Waals surface area contributed by atoms with Crippen LogP contribution in [0.5, 0.6) is 0 Å². The predicted molar refractivity (Wildman–Crippen MR) is 107 cm³/mol. The molecule has 3 amide bonds. The number of rotatable bonds is 6. The fraction of sp³-hybridized carbons (Fsp3) is 0.571. The Hall–Kier alpha value is -2.57. The van der Waals surface area contributed by atoms with Gasteiger partial charge in [-0.05, 0) is 49.3 Å². The number of likely N-dealkylation sites (tertiary alicyclic amines) is 1. The molecule has 2 atom stereocenters. The van der Waals surface area contributed by atoms with Crippen LogP contribution < -0.4 is 10.6 Å². The molecule has 2 unspecified atom stereocenters. The van der Waals surface area contributed by atoms with E-state index in [0.29, 0.717) is 44.0 Å². The minimum Gasteiger partial charge on any atom is -0.479 e. The highest BCUT2D eigenvalue weighted by Crippen LogP contribution is 2.23. The molecule has 0 saturated carbocycles. The standard InChI is InChI=1S/C21H31N3O4/c1-13(2)11-22-21(28)24-10-6-8-16(12-24)19(25)23-18(20(26)27)17-9-5-7-14(3)15(17)4/h5,7,9,13,16,18H,6,8,10-12H2,1-4H3,(H,22,28)(H,23,25)(H,26,27). The molecule has 154 valence electrons. The van der Waals surface area contributed by atoms with Crippen LogP contribution in [0.4, 0.5) is 4.79 Å². The van der Waals surface area contributed by atoms with E-state index in [1.807, 2.05) is 33.8 Å². The SMILES string of the molecule is Cc1cccc(C(NC(=O)C2CCCN(C(=O)NCC(C)C)C2)C(=O)O)c1C. The smallest absolute Gasteiger partial charge is 0.330 e. The van der Waals surface area contributed by atoms with Crippen molar-refractivity contribution in [2.75, 3.05) is 19.6 Å². The molecule has 0 aliphatic carbocycles. The van der Waals surface area contributed by atoms with Gasteiger partial charge >= 0.3 is 12.0 Å². The molecule has 0 radical (unpaired) electrons. The quantitative estimate of drug-likeness (QED) is 0.696. The Morgan fingerprint density at radius 2 is 1.96 bits per heavy atom. The molecule has 1 aromatic rings. The Labute approximate surface area is 166 Å². The van der Waals surface area contributed by atoms with Crippen LogP contribution in [0.3, 0.4) is 0 Å². The monoisotopic (exact) mass is 389 g/mol. The fourth-order valence-electron chi connectivity index (χ4n) is 3.40. The molecule has 1 saturated heterocycles. The third kappa shape index (κ3) is 5.47. The van der Waals surface area contributed by atoms with E-state index in [0.717, 1.165) is 11.1 Å². The van der Waals surface area contributed by atoms with Gasteiger partial charge in [0.05, 0.1) is 5.92 Å². The Kier molecular flexibility index (Phi) is 7.43. The lowest BCUT2D eigenvalue weighted by Crippen LogP contribution is -2.50. The van der Waals surface area contributed by atoms with E-state index in [-0.39, 0.29) is 11.9 Å². The number of hydrogen-bond donors (Lipinski definition) is 3. The van der Waals surface area contributed by atoms with Gasteiger partial charge in [-0.15, -0.1) is 0 Å². The van der Waals surface area contributed by atoms with Gasteiger partial charge in [-0.25, -0.2) is 9.59 Å². The van der Waals surface area contributed by atoms with E-state index in [9.17, 15) is 19.5 Å². The molecular weight excluding hydrogens is 358 g/mol. The van der Waals surface area contributed by atoms with E-state index >= 15 is 0 Å². The van der Waals surface area contributed by atoms with Crippen LogP contribution >= 0.6 is 0 Å². The first kappa shape index (κ1) is 21.7. The van der Waals surface area contributed by atoms with Crippen LogP contribution in [0.15, 0.2) is 18.2 Å². The summed E-state index contributed by atoms with van der Waals surface area (Å²) in [6, 6.07) is 4.16. The van der Waals surface area contributed by atoms with Crippen LogP contribution in [-0.2, 0) is 9.59 Å². The third-order valence-electron chi connectivity index (χ3n) is 5.23. The van der Waals surface area contributed by atoms with Crippen molar-refractivity contribution in [3.63, 3.8) is 0 Å². The average Bonchev–Trinajstić information content (AvgIpc) is 2.66. The molecule has 1 fully saturated rings. The van der Waals surface area contributed by atoms with Gasteiger partial charge in [-0.1, -0.05) is 32.0 Å². The zero-order chi connectivity index (χ0) is 20.8. The Balaban J connectivity index is 2.06. The molecule has 28 heavy (non-hydrogen) atoms. The maximum Gasteiger partial charge on any atom is 0.330 e. The van der Waals surface area contributed by atoms with Crippen molar-refractivity contribution in [3.05, 3.63) is 34.9 Å². The molecule has 1 aliphatic rings. The van der Waals surface area contributed by atoms with Crippen LogP contribution in [0.25, 0.3) is 0 Å². The van der Waals surface area contributed by atoms with Gasteiger partial charge in [0.25, 0.3) is 0 Å². The van der Waals surface area contributed by atoms with Crippen LogP contribution in [0.2, 0.25) is 0 Å². The summed E-state index contributed by atoms with van der Waals surface area (Å²) in [5.41, 5.74) is 2.42. The van der Waals surface area contributed by atoms with Gasteiger partial charge in [0.15, 0.2) is 6.04 Å². The Morgan fingerprint density at radius 1 is 1.25 bits per heavy atom. The molecule has 7 nitrogen and oxygen atoms in total. The zero-order valence-corrected chi connectivity index (χ0v) is 17.1. The molecule has 7 heteroatoms. The van der Waals surface area contributed by atoms with Crippen LogP contribution in [0, 0.1) is 25.7 Å².